The number of fused-ring (bicyclic) bond motifs is 1. The van der Waals surface area contributed by atoms with Crippen LogP contribution in [0.3, 0.4) is 0 Å². The van der Waals surface area contributed by atoms with E-state index in [1.165, 1.54) is 0 Å². The Balaban J connectivity index is 1.45. The predicted octanol–water partition coefficient (Wildman–Crippen LogP) is 5.34. The van der Waals surface area contributed by atoms with E-state index < -0.39 is 11.9 Å². The zero-order valence-electron chi connectivity index (χ0n) is 15.6. The first-order valence-corrected chi connectivity index (χ1v) is 9.67. The number of hydrogen-bond donors (Lipinski definition) is 1. The van der Waals surface area contributed by atoms with Gasteiger partial charge in [-0.05, 0) is 55.0 Å². The molecule has 0 saturated heterocycles. The highest BCUT2D eigenvalue weighted by Gasteiger charge is 2.28. The van der Waals surface area contributed by atoms with Crippen molar-refractivity contribution < 1.29 is 14.6 Å². The third-order valence-electron chi connectivity index (χ3n) is 5.27. The molecule has 0 spiro atoms. The van der Waals surface area contributed by atoms with Crippen molar-refractivity contribution in [2.24, 2.45) is 5.92 Å². The smallest absolute Gasteiger partial charge is 0.311 e. The SMILES string of the molecule is O=C(O)C(c1ccc(OCc2ccc3ccccc3n2)cc1)C1C=CCCC1. The molecule has 0 bridgehead atoms. The third-order valence-corrected chi connectivity index (χ3v) is 5.27. The van der Waals surface area contributed by atoms with Crippen LogP contribution < -0.4 is 4.74 Å². The molecular formula is C24H23NO3. The van der Waals surface area contributed by atoms with Crippen LogP contribution in [-0.4, -0.2) is 16.1 Å². The normalized spacial score (nSPS) is 17.4. The lowest BCUT2D eigenvalue weighted by Gasteiger charge is -2.24. The second kappa shape index (κ2) is 8.26. The lowest BCUT2D eigenvalue weighted by Crippen LogP contribution is -2.21. The van der Waals surface area contributed by atoms with Crippen molar-refractivity contribution in [2.45, 2.75) is 31.8 Å². The van der Waals surface area contributed by atoms with Crippen molar-refractivity contribution in [3.8, 4) is 5.75 Å². The van der Waals surface area contributed by atoms with E-state index in [-0.39, 0.29) is 5.92 Å². The number of carboxylic acid groups (broad SMARTS) is 1. The molecule has 4 nitrogen and oxygen atoms in total. The number of hydrogen-bond acceptors (Lipinski definition) is 3. The van der Waals surface area contributed by atoms with E-state index >= 15 is 0 Å². The molecule has 2 atom stereocenters. The third kappa shape index (κ3) is 4.06. The number of para-hydroxylation sites is 1. The van der Waals surface area contributed by atoms with Gasteiger partial charge >= 0.3 is 5.97 Å². The summed E-state index contributed by atoms with van der Waals surface area (Å²) in [6.45, 7) is 0.373. The van der Waals surface area contributed by atoms with Gasteiger partial charge in [-0.3, -0.25) is 4.79 Å². The molecular weight excluding hydrogens is 350 g/mol. The van der Waals surface area contributed by atoms with Crippen LogP contribution in [0.2, 0.25) is 0 Å². The number of rotatable bonds is 6. The van der Waals surface area contributed by atoms with Gasteiger partial charge in [-0.2, -0.15) is 0 Å². The standard InChI is InChI=1S/C24H23NO3/c26-24(27)23(18-7-2-1-3-8-18)19-11-14-21(15-12-19)28-16-20-13-10-17-6-4-5-9-22(17)25-20/h2,4-7,9-15,18,23H,1,3,8,16H2,(H,26,27). The Labute approximate surface area is 164 Å². The molecule has 4 rings (SSSR count). The lowest BCUT2D eigenvalue weighted by atomic mass is 9.80. The minimum absolute atomic E-state index is 0.0554. The summed E-state index contributed by atoms with van der Waals surface area (Å²) in [6.07, 6.45) is 7.15. The first-order valence-electron chi connectivity index (χ1n) is 9.67. The van der Waals surface area contributed by atoms with E-state index in [0.29, 0.717) is 12.4 Å². The summed E-state index contributed by atoms with van der Waals surface area (Å²) in [5.41, 5.74) is 2.63. The van der Waals surface area contributed by atoms with E-state index in [4.69, 9.17) is 4.74 Å². The molecule has 4 heteroatoms. The van der Waals surface area contributed by atoms with E-state index in [2.05, 4.69) is 17.1 Å². The molecule has 1 aliphatic rings. The van der Waals surface area contributed by atoms with Gasteiger partial charge in [0.15, 0.2) is 0 Å². The van der Waals surface area contributed by atoms with Gasteiger partial charge in [-0.25, -0.2) is 4.98 Å². The number of aromatic nitrogens is 1. The monoisotopic (exact) mass is 373 g/mol. The maximum atomic E-state index is 11.8. The molecule has 0 amide bonds. The van der Waals surface area contributed by atoms with E-state index in [1.807, 2.05) is 60.7 Å². The second-order valence-electron chi connectivity index (χ2n) is 7.19. The predicted molar refractivity (Wildman–Crippen MR) is 109 cm³/mol. The molecule has 1 aliphatic carbocycles. The Morgan fingerprint density at radius 1 is 1.11 bits per heavy atom. The van der Waals surface area contributed by atoms with Crippen molar-refractivity contribution in [1.29, 1.82) is 0 Å². The Kier molecular flexibility index (Phi) is 5.38. The zero-order valence-corrected chi connectivity index (χ0v) is 15.6. The van der Waals surface area contributed by atoms with Crippen LogP contribution in [-0.2, 0) is 11.4 Å². The van der Waals surface area contributed by atoms with Crippen LogP contribution in [0.5, 0.6) is 5.75 Å². The molecule has 28 heavy (non-hydrogen) atoms. The van der Waals surface area contributed by atoms with Crippen LogP contribution in [0.25, 0.3) is 10.9 Å². The van der Waals surface area contributed by atoms with Crippen LogP contribution in [0.15, 0.2) is 72.8 Å². The quantitative estimate of drug-likeness (QED) is 0.593. The highest BCUT2D eigenvalue weighted by molar-refractivity contribution is 5.78. The van der Waals surface area contributed by atoms with E-state index in [0.717, 1.165) is 41.4 Å². The van der Waals surface area contributed by atoms with Crippen LogP contribution in [0, 0.1) is 5.92 Å². The van der Waals surface area contributed by atoms with Crippen molar-refractivity contribution in [2.75, 3.05) is 0 Å². The summed E-state index contributed by atoms with van der Waals surface area (Å²) >= 11 is 0. The molecule has 2 unspecified atom stereocenters. The van der Waals surface area contributed by atoms with Crippen molar-refractivity contribution in [3.63, 3.8) is 0 Å². The molecule has 0 saturated carbocycles. The van der Waals surface area contributed by atoms with Gasteiger partial charge in [0.05, 0.1) is 17.1 Å². The first-order chi connectivity index (χ1) is 13.7. The molecule has 1 aromatic heterocycles. The number of aliphatic carboxylic acids is 1. The first kappa shape index (κ1) is 18.2. The summed E-state index contributed by atoms with van der Waals surface area (Å²) in [5, 5.41) is 10.8. The summed E-state index contributed by atoms with van der Waals surface area (Å²) in [5.74, 6) is -0.514. The topological polar surface area (TPSA) is 59.4 Å². The van der Waals surface area contributed by atoms with Gasteiger partial charge in [0.1, 0.15) is 12.4 Å². The minimum atomic E-state index is -0.773. The van der Waals surface area contributed by atoms with Gasteiger partial charge in [-0.15, -0.1) is 0 Å². The van der Waals surface area contributed by atoms with Crippen LogP contribution in [0.4, 0.5) is 0 Å². The van der Waals surface area contributed by atoms with Gasteiger partial charge < -0.3 is 9.84 Å². The van der Waals surface area contributed by atoms with Gasteiger partial charge in [-0.1, -0.05) is 48.6 Å². The maximum absolute atomic E-state index is 11.8. The molecule has 1 heterocycles. The molecule has 2 aromatic carbocycles. The number of carboxylic acids is 1. The lowest BCUT2D eigenvalue weighted by molar-refractivity contribution is -0.139. The Morgan fingerprint density at radius 2 is 1.93 bits per heavy atom. The minimum Gasteiger partial charge on any atom is -0.487 e. The number of pyridine rings is 1. The molecule has 1 N–H and O–H groups in total. The summed E-state index contributed by atoms with van der Waals surface area (Å²) < 4.78 is 5.86. The van der Waals surface area contributed by atoms with Crippen LogP contribution >= 0.6 is 0 Å². The highest BCUT2D eigenvalue weighted by atomic mass is 16.5. The van der Waals surface area contributed by atoms with Crippen molar-refractivity contribution in [3.05, 3.63) is 84.1 Å². The Morgan fingerprint density at radius 3 is 2.68 bits per heavy atom. The van der Waals surface area contributed by atoms with Gasteiger partial charge in [0, 0.05) is 5.39 Å². The average molecular weight is 373 g/mol. The maximum Gasteiger partial charge on any atom is 0.311 e. The average Bonchev–Trinajstić information content (AvgIpc) is 2.74. The van der Waals surface area contributed by atoms with E-state index in [1.54, 1.807) is 0 Å². The molecule has 0 fully saturated rings. The second-order valence-corrected chi connectivity index (χ2v) is 7.19. The Hall–Kier alpha value is -3.14. The number of carbonyl (C=O) groups is 1. The van der Waals surface area contributed by atoms with Gasteiger partial charge in [0.25, 0.3) is 0 Å². The van der Waals surface area contributed by atoms with Crippen molar-refractivity contribution in [1.82, 2.24) is 4.98 Å². The summed E-state index contributed by atoms with van der Waals surface area (Å²) in [7, 11) is 0. The number of nitrogens with zero attached hydrogens (tertiary/aromatic N) is 1. The fourth-order valence-electron chi connectivity index (χ4n) is 3.81. The Bertz CT molecular complexity index is 994. The van der Waals surface area contributed by atoms with Crippen LogP contribution in [0.1, 0.15) is 36.4 Å². The fraction of sp³-hybridized carbons (Fsp3) is 0.250. The number of ether oxygens (including phenoxy) is 1. The number of allylic oxidation sites excluding steroid dienone is 2. The summed E-state index contributed by atoms with van der Waals surface area (Å²) in [4.78, 5) is 16.4. The largest absolute Gasteiger partial charge is 0.487 e. The van der Waals surface area contributed by atoms with Crippen molar-refractivity contribution >= 4 is 16.9 Å². The molecule has 142 valence electrons. The van der Waals surface area contributed by atoms with Gasteiger partial charge in [0.2, 0.25) is 0 Å². The highest BCUT2D eigenvalue weighted by Crippen LogP contribution is 2.33. The van der Waals surface area contributed by atoms with E-state index in [9.17, 15) is 9.90 Å². The molecule has 3 aromatic rings. The zero-order chi connectivity index (χ0) is 19.3. The fourth-order valence-corrected chi connectivity index (χ4v) is 3.81. The summed E-state index contributed by atoms with van der Waals surface area (Å²) in [6, 6.07) is 19.4. The molecule has 0 aliphatic heterocycles. The molecule has 0 radical (unpaired) electrons. The number of benzene rings is 2.